The second kappa shape index (κ2) is 6.49. The first-order valence-corrected chi connectivity index (χ1v) is 9.00. The summed E-state index contributed by atoms with van der Waals surface area (Å²) in [5.41, 5.74) is 2.60. The molecule has 26 heavy (non-hydrogen) atoms. The number of allylic oxidation sites excluding steroid dienone is 2. The zero-order valence-electron chi connectivity index (χ0n) is 13.9. The number of methoxy groups -OCH3 is 1. The van der Waals surface area contributed by atoms with Crippen molar-refractivity contribution in [3.63, 3.8) is 0 Å². The molecule has 3 atom stereocenters. The van der Waals surface area contributed by atoms with Gasteiger partial charge in [0.1, 0.15) is 5.75 Å². The van der Waals surface area contributed by atoms with Gasteiger partial charge in [-0.3, -0.25) is 10.1 Å². The van der Waals surface area contributed by atoms with Crippen molar-refractivity contribution in [2.75, 3.05) is 12.4 Å². The molecule has 0 saturated carbocycles. The van der Waals surface area contributed by atoms with Crippen LogP contribution in [0.25, 0.3) is 0 Å². The number of fused-ring (bicyclic) bond motifs is 3. The molecule has 0 fully saturated rings. The molecule has 2 aromatic carbocycles. The first kappa shape index (κ1) is 17.2. The van der Waals surface area contributed by atoms with Gasteiger partial charge in [-0.25, -0.2) is 0 Å². The second-order valence-corrected chi connectivity index (χ2v) is 7.27. The Morgan fingerprint density at radius 3 is 2.81 bits per heavy atom. The zero-order chi connectivity index (χ0) is 18.4. The van der Waals surface area contributed by atoms with Crippen molar-refractivity contribution in [2.24, 2.45) is 5.92 Å². The van der Waals surface area contributed by atoms with Crippen molar-refractivity contribution >= 4 is 34.6 Å². The van der Waals surface area contributed by atoms with E-state index in [-0.39, 0.29) is 23.6 Å². The maximum absolute atomic E-state index is 11.3. The largest absolute Gasteiger partial charge is 0.494 e. The molecule has 5 nitrogen and oxygen atoms in total. The molecule has 0 bridgehead atoms. The maximum atomic E-state index is 11.3. The van der Waals surface area contributed by atoms with E-state index in [1.54, 1.807) is 12.1 Å². The molecule has 1 heterocycles. The zero-order valence-corrected chi connectivity index (χ0v) is 15.4. The quantitative estimate of drug-likeness (QED) is 0.412. The first-order chi connectivity index (χ1) is 12.5. The number of hydrogen-bond donors (Lipinski definition) is 1. The molecule has 2 aliphatic rings. The van der Waals surface area contributed by atoms with Crippen LogP contribution in [0.15, 0.2) is 42.5 Å². The molecule has 0 aromatic heterocycles. The van der Waals surface area contributed by atoms with Gasteiger partial charge < -0.3 is 10.1 Å². The van der Waals surface area contributed by atoms with E-state index in [0.29, 0.717) is 15.8 Å². The van der Waals surface area contributed by atoms with Gasteiger partial charge in [0.05, 0.1) is 39.9 Å². The van der Waals surface area contributed by atoms with Gasteiger partial charge >= 0.3 is 0 Å². The Bertz CT molecular complexity index is 929. The number of benzene rings is 2. The van der Waals surface area contributed by atoms with Gasteiger partial charge in [-0.15, -0.1) is 0 Å². The third kappa shape index (κ3) is 2.63. The summed E-state index contributed by atoms with van der Waals surface area (Å²) < 4.78 is 5.44. The lowest BCUT2D eigenvalue weighted by molar-refractivity contribution is -0.385. The summed E-state index contributed by atoms with van der Waals surface area (Å²) in [6, 6.07) is 8.62. The molecule has 0 saturated heterocycles. The van der Waals surface area contributed by atoms with Gasteiger partial charge in [0, 0.05) is 12.0 Å². The lowest BCUT2D eigenvalue weighted by Gasteiger charge is -2.38. The summed E-state index contributed by atoms with van der Waals surface area (Å²) in [7, 11) is 1.51. The molecule has 0 amide bonds. The van der Waals surface area contributed by atoms with E-state index < -0.39 is 4.92 Å². The highest BCUT2D eigenvalue weighted by molar-refractivity contribution is 6.42. The Hall–Kier alpha value is -2.24. The number of hydrogen-bond acceptors (Lipinski definition) is 4. The van der Waals surface area contributed by atoms with Crippen LogP contribution in [0.3, 0.4) is 0 Å². The minimum atomic E-state index is -0.392. The van der Waals surface area contributed by atoms with Crippen LogP contribution in [-0.2, 0) is 0 Å². The van der Waals surface area contributed by atoms with Crippen LogP contribution >= 0.6 is 23.2 Å². The lowest BCUT2D eigenvalue weighted by Crippen LogP contribution is -2.29. The van der Waals surface area contributed by atoms with Crippen molar-refractivity contribution in [3.05, 3.63) is 73.8 Å². The summed E-state index contributed by atoms with van der Waals surface area (Å²) in [6.45, 7) is 0. The van der Waals surface area contributed by atoms with E-state index in [1.165, 1.54) is 13.2 Å². The Morgan fingerprint density at radius 1 is 1.27 bits per heavy atom. The fraction of sp³-hybridized carbons (Fsp3) is 0.263. The van der Waals surface area contributed by atoms with Crippen molar-refractivity contribution < 1.29 is 9.66 Å². The fourth-order valence-corrected chi connectivity index (χ4v) is 4.41. The van der Waals surface area contributed by atoms with E-state index in [2.05, 4.69) is 17.5 Å². The van der Waals surface area contributed by atoms with Gasteiger partial charge in [-0.2, -0.15) is 0 Å². The summed E-state index contributed by atoms with van der Waals surface area (Å²) in [6.07, 6.45) is 5.08. The van der Waals surface area contributed by atoms with Crippen molar-refractivity contribution in [1.29, 1.82) is 0 Å². The topological polar surface area (TPSA) is 64.4 Å². The summed E-state index contributed by atoms with van der Waals surface area (Å²) in [5, 5.41) is 15.8. The number of rotatable bonds is 3. The van der Waals surface area contributed by atoms with Gasteiger partial charge in [0.15, 0.2) is 0 Å². The number of nitrogens with zero attached hydrogens (tertiary/aromatic N) is 1. The molecule has 4 rings (SSSR count). The number of nitrogens with one attached hydrogen (secondary N) is 1. The number of halogens is 2. The molecule has 2 aromatic rings. The standard InChI is InChI=1S/C19H16Cl2N2O3/c1-26-16-9-10(23(24)25)8-14-11-4-2-5-12(11)18(22-19(14)16)13-6-3-7-15(20)17(13)21/h2-4,6-9,11-12,18,22H,5H2,1H3/t11-,12+,18-/m1/s1. The predicted molar refractivity (Wildman–Crippen MR) is 102 cm³/mol. The Kier molecular flexibility index (Phi) is 4.29. The van der Waals surface area contributed by atoms with Crippen LogP contribution in [0, 0.1) is 16.0 Å². The Balaban J connectivity index is 1.88. The van der Waals surface area contributed by atoms with Gasteiger partial charge in [-0.05, 0) is 29.5 Å². The number of nitro benzene ring substituents is 1. The predicted octanol–water partition coefficient (Wildman–Crippen LogP) is 5.74. The molecule has 1 aliphatic heterocycles. The number of ether oxygens (including phenoxy) is 1. The molecule has 0 unspecified atom stereocenters. The first-order valence-electron chi connectivity index (χ1n) is 8.24. The summed E-state index contributed by atoms with van der Waals surface area (Å²) in [5.74, 6) is 0.710. The molecule has 0 radical (unpaired) electrons. The van der Waals surface area contributed by atoms with E-state index in [9.17, 15) is 10.1 Å². The molecule has 1 aliphatic carbocycles. The third-order valence-electron chi connectivity index (χ3n) is 5.16. The minimum absolute atomic E-state index is 0.0284. The normalized spacial score (nSPS) is 23.1. The lowest BCUT2D eigenvalue weighted by atomic mass is 9.76. The molecule has 7 heteroatoms. The van der Waals surface area contributed by atoms with Crippen LogP contribution in [0.5, 0.6) is 5.75 Å². The highest BCUT2D eigenvalue weighted by atomic mass is 35.5. The third-order valence-corrected chi connectivity index (χ3v) is 6.00. The van der Waals surface area contributed by atoms with E-state index in [0.717, 1.165) is 23.2 Å². The second-order valence-electron chi connectivity index (χ2n) is 6.49. The number of anilines is 1. The molecule has 0 spiro atoms. The Morgan fingerprint density at radius 2 is 2.08 bits per heavy atom. The monoisotopic (exact) mass is 390 g/mol. The molecule has 134 valence electrons. The van der Waals surface area contributed by atoms with Crippen LogP contribution in [0.1, 0.15) is 29.5 Å². The number of non-ortho nitro benzene ring substituents is 1. The average molecular weight is 391 g/mol. The van der Waals surface area contributed by atoms with Crippen molar-refractivity contribution in [1.82, 2.24) is 0 Å². The summed E-state index contributed by atoms with van der Waals surface area (Å²) >= 11 is 12.7. The van der Waals surface area contributed by atoms with E-state index in [1.807, 2.05) is 12.1 Å². The van der Waals surface area contributed by atoms with Crippen LogP contribution in [0.2, 0.25) is 10.0 Å². The summed E-state index contributed by atoms with van der Waals surface area (Å²) in [4.78, 5) is 10.9. The molecule has 1 N–H and O–H groups in total. The van der Waals surface area contributed by atoms with Gasteiger partial charge in [0.25, 0.3) is 5.69 Å². The SMILES string of the molecule is COc1cc([N+](=O)[O-])cc2c1N[C@@H](c1cccc(Cl)c1Cl)[C@H]1CC=C[C@@H]21. The van der Waals surface area contributed by atoms with E-state index in [4.69, 9.17) is 27.9 Å². The van der Waals surface area contributed by atoms with E-state index >= 15 is 0 Å². The van der Waals surface area contributed by atoms with Gasteiger partial charge in [0.2, 0.25) is 0 Å². The van der Waals surface area contributed by atoms with Crippen LogP contribution in [0.4, 0.5) is 11.4 Å². The number of nitro groups is 1. The van der Waals surface area contributed by atoms with Crippen LogP contribution < -0.4 is 10.1 Å². The van der Waals surface area contributed by atoms with Gasteiger partial charge in [-0.1, -0.05) is 47.5 Å². The fourth-order valence-electron chi connectivity index (χ4n) is 3.99. The van der Waals surface area contributed by atoms with Crippen molar-refractivity contribution in [3.8, 4) is 5.75 Å². The maximum Gasteiger partial charge on any atom is 0.273 e. The molecular formula is C19H16Cl2N2O3. The molecular weight excluding hydrogens is 375 g/mol. The average Bonchev–Trinajstić information content (AvgIpc) is 3.12. The van der Waals surface area contributed by atoms with Crippen LogP contribution in [-0.4, -0.2) is 12.0 Å². The highest BCUT2D eigenvalue weighted by Gasteiger charge is 2.41. The minimum Gasteiger partial charge on any atom is -0.494 e. The Labute approximate surface area is 160 Å². The van der Waals surface area contributed by atoms with Crippen molar-refractivity contribution in [2.45, 2.75) is 18.4 Å². The highest BCUT2D eigenvalue weighted by Crippen LogP contribution is 2.54. The smallest absolute Gasteiger partial charge is 0.273 e.